The molecule has 1 unspecified atom stereocenters. The number of hydrogen-bond acceptors (Lipinski definition) is 3. The highest BCUT2D eigenvalue weighted by atomic mass is 16.6. The first kappa shape index (κ1) is 15.8. The molecule has 0 aromatic heterocycles. The lowest BCUT2D eigenvalue weighted by Crippen LogP contribution is -2.49. The van der Waals surface area contributed by atoms with Gasteiger partial charge in [-0.05, 0) is 39.7 Å². The van der Waals surface area contributed by atoms with Gasteiger partial charge in [-0.3, -0.25) is 0 Å². The van der Waals surface area contributed by atoms with Gasteiger partial charge in [-0.25, -0.2) is 4.79 Å². The van der Waals surface area contributed by atoms with Crippen molar-refractivity contribution in [2.75, 3.05) is 13.1 Å². The van der Waals surface area contributed by atoms with Gasteiger partial charge >= 0.3 is 6.09 Å². The SMILES string of the molecule is Cc1ccc(C2CN(C(=O)OC(C)(C)C)CC[C@H]2N)cc1. The van der Waals surface area contributed by atoms with Gasteiger partial charge in [0.1, 0.15) is 5.60 Å². The van der Waals surface area contributed by atoms with Crippen molar-refractivity contribution in [3.05, 3.63) is 35.4 Å². The summed E-state index contributed by atoms with van der Waals surface area (Å²) in [6.07, 6.45) is 0.559. The maximum Gasteiger partial charge on any atom is 0.410 e. The number of likely N-dealkylation sites (tertiary alicyclic amines) is 1. The molecule has 0 aliphatic carbocycles. The van der Waals surface area contributed by atoms with E-state index in [2.05, 4.69) is 31.2 Å². The van der Waals surface area contributed by atoms with Crippen molar-refractivity contribution in [2.24, 2.45) is 5.73 Å². The summed E-state index contributed by atoms with van der Waals surface area (Å²) in [4.78, 5) is 14.0. The number of rotatable bonds is 1. The van der Waals surface area contributed by atoms with E-state index in [0.717, 1.165) is 6.42 Å². The molecule has 0 radical (unpaired) electrons. The zero-order valence-corrected chi connectivity index (χ0v) is 13.4. The Balaban J connectivity index is 2.09. The second kappa shape index (κ2) is 6.06. The molecule has 4 nitrogen and oxygen atoms in total. The molecular formula is C17H26N2O2. The molecule has 1 aromatic carbocycles. The van der Waals surface area contributed by atoms with Crippen LogP contribution in [-0.4, -0.2) is 35.7 Å². The topological polar surface area (TPSA) is 55.6 Å². The first-order chi connectivity index (χ1) is 9.76. The van der Waals surface area contributed by atoms with E-state index < -0.39 is 5.60 Å². The van der Waals surface area contributed by atoms with Crippen LogP contribution in [0, 0.1) is 6.92 Å². The summed E-state index contributed by atoms with van der Waals surface area (Å²) in [6.45, 7) is 9.02. The first-order valence-corrected chi connectivity index (χ1v) is 7.56. The van der Waals surface area contributed by atoms with Crippen LogP contribution >= 0.6 is 0 Å². The second-order valence-corrected chi connectivity index (χ2v) is 6.90. The molecule has 0 saturated carbocycles. The summed E-state index contributed by atoms with van der Waals surface area (Å²) < 4.78 is 5.46. The maximum atomic E-state index is 12.2. The van der Waals surface area contributed by atoms with Crippen LogP contribution in [0.4, 0.5) is 4.79 Å². The summed E-state index contributed by atoms with van der Waals surface area (Å²) in [7, 11) is 0. The minimum atomic E-state index is -0.462. The summed E-state index contributed by atoms with van der Waals surface area (Å²) in [5.41, 5.74) is 8.22. The Morgan fingerprint density at radius 2 is 1.90 bits per heavy atom. The number of amides is 1. The van der Waals surface area contributed by atoms with E-state index in [-0.39, 0.29) is 18.1 Å². The van der Waals surface area contributed by atoms with E-state index in [1.165, 1.54) is 11.1 Å². The van der Waals surface area contributed by atoms with Gasteiger partial charge in [0.05, 0.1) is 0 Å². The number of nitrogens with two attached hydrogens (primary N) is 1. The van der Waals surface area contributed by atoms with E-state index >= 15 is 0 Å². The molecule has 1 aliphatic rings. The number of carbonyl (C=O) groups is 1. The summed E-state index contributed by atoms with van der Waals surface area (Å²) in [5, 5.41) is 0. The Labute approximate surface area is 127 Å². The third kappa shape index (κ3) is 4.21. The van der Waals surface area contributed by atoms with Crippen molar-refractivity contribution in [3.63, 3.8) is 0 Å². The number of nitrogens with zero attached hydrogens (tertiary/aromatic N) is 1. The number of aryl methyl sites for hydroxylation is 1. The van der Waals surface area contributed by atoms with Gasteiger partial charge in [0, 0.05) is 25.0 Å². The number of hydrogen-bond donors (Lipinski definition) is 1. The van der Waals surface area contributed by atoms with E-state index in [1.54, 1.807) is 4.90 Å². The van der Waals surface area contributed by atoms with Crippen LogP contribution in [0.1, 0.15) is 44.2 Å². The number of piperidine rings is 1. The fourth-order valence-corrected chi connectivity index (χ4v) is 2.63. The zero-order chi connectivity index (χ0) is 15.6. The molecule has 4 heteroatoms. The van der Waals surface area contributed by atoms with Crippen molar-refractivity contribution in [2.45, 2.75) is 51.7 Å². The predicted octanol–water partition coefficient (Wildman–Crippen LogP) is 3.05. The Hall–Kier alpha value is -1.55. The highest BCUT2D eigenvalue weighted by molar-refractivity contribution is 5.68. The highest BCUT2D eigenvalue weighted by Gasteiger charge is 2.32. The number of benzene rings is 1. The van der Waals surface area contributed by atoms with Crippen molar-refractivity contribution in [1.82, 2.24) is 4.90 Å². The lowest BCUT2D eigenvalue weighted by Gasteiger charge is -2.37. The summed E-state index contributed by atoms with van der Waals surface area (Å²) in [5.74, 6) is 0.173. The van der Waals surface area contributed by atoms with E-state index in [0.29, 0.717) is 13.1 Å². The van der Waals surface area contributed by atoms with Crippen LogP contribution in [0.15, 0.2) is 24.3 Å². The molecule has 2 atom stereocenters. The van der Waals surface area contributed by atoms with Gasteiger partial charge in [-0.2, -0.15) is 0 Å². The molecule has 2 N–H and O–H groups in total. The Kier molecular flexibility index (Phi) is 4.57. The molecule has 2 rings (SSSR count). The minimum Gasteiger partial charge on any atom is -0.444 e. The van der Waals surface area contributed by atoms with E-state index in [1.807, 2.05) is 20.8 Å². The highest BCUT2D eigenvalue weighted by Crippen LogP contribution is 2.27. The first-order valence-electron chi connectivity index (χ1n) is 7.56. The molecule has 1 saturated heterocycles. The molecule has 21 heavy (non-hydrogen) atoms. The van der Waals surface area contributed by atoms with Crippen molar-refractivity contribution in [3.8, 4) is 0 Å². The van der Waals surface area contributed by atoms with E-state index in [4.69, 9.17) is 10.5 Å². The average Bonchev–Trinajstić information content (AvgIpc) is 2.38. The van der Waals surface area contributed by atoms with Gasteiger partial charge in [-0.1, -0.05) is 29.8 Å². The molecule has 1 aromatic rings. The fraction of sp³-hybridized carbons (Fsp3) is 0.588. The van der Waals surface area contributed by atoms with Gasteiger partial charge in [0.15, 0.2) is 0 Å². The molecule has 1 amide bonds. The molecular weight excluding hydrogens is 264 g/mol. The molecule has 0 bridgehead atoms. The standard InChI is InChI=1S/C17H26N2O2/c1-12-5-7-13(8-6-12)14-11-19(10-9-15(14)18)16(20)21-17(2,3)4/h5-8,14-15H,9-11,18H2,1-4H3/t14?,15-/m1/s1. The van der Waals surface area contributed by atoms with Gasteiger partial charge < -0.3 is 15.4 Å². The van der Waals surface area contributed by atoms with Crippen LogP contribution in [0.3, 0.4) is 0 Å². The van der Waals surface area contributed by atoms with Crippen LogP contribution in [0.25, 0.3) is 0 Å². The average molecular weight is 290 g/mol. The minimum absolute atomic E-state index is 0.0893. The molecule has 1 aliphatic heterocycles. The quantitative estimate of drug-likeness (QED) is 0.865. The lowest BCUT2D eigenvalue weighted by molar-refractivity contribution is 0.0186. The normalized spacial score (nSPS) is 23.0. The van der Waals surface area contributed by atoms with Gasteiger partial charge in [-0.15, -0.1) is 0 Å². The van der Waals surface area contributed by atoms with Crippen LogP contribution < -0.4 is 5.73 Å². The predicted molar refractivity (Wildman–Crippen MR) is 84.3 cm³/mol. The number of ether oxygens (including phenoxy) is 1. The smallest absolute Gasteiger partial charge is 0.410 e. The van der Waals surface area contributed by atoms with E-state index in [9.17, 15) is 4.79 Å². The van der Waals surface area contributed by atoms with Crippen molar-refractivity contribution >= 4 is 6.09 Å². The van der Waals surface area contributed by atoms with Crippen LogP contribution in [0.2, 0.25) is 0 Å². The third-order valence-corrected chi connectivity index (χ3v) is 3.82. The lowest BCUT2D eigenvalue weighted by atomic mass is 9.86. The Morgan fingerprint density at radius 1 is 1.29 bits per heavy atom. The van der Waals surface area contributed by atoms with Gasteiger partial charge in [0.2, 0.25) is 0 Å². The third-order valence-electron chi connectivity index (χ3n) is 3.82. The largest absolute Gasteiger partial charge is 0.444 e. The summed E-state index contributed by atoms with van der Waals surface area (Å²) in [6, 6.07) is 8.49. The monoisotopic (exact) mass is 290 g/mol. The second-order valence-electron chi connectivity index (χ2n) is 6.90. The maximum absolute atomic E-state index is 12.2. The van der Waals surface area contributed by atoms with Crippen molar-refractivity contribution in [1.29, 1.82) is 0 Å². The number of carbonyl (C=O) groups excluding carboxylic acids is 1. The van der Waals surface area contributed by atoms with Crippen LogP contribution in [-0.2, 0) is 4.74 Å². The molecule has 1 heterocycles. The Morgan fingerprint density at radius 3 is 2.48 bits per heavy atom. The molecule has 1 fully saturated rings. The van der Waals surface area contributed by atoms with Crippen LogP contribution in [0.5, 0.6) is 0 Å². The molecule has 116 valence electrons. The fourth-order valence-electron chi connectivity index (χ4n) is 2.63. The van der Waals surface area contributed by atoms with Crippen molar-refractivity contribution < 1.29 is 9.53 Å². The van der Waals surface area contributed by atoms with Gasteiger partial charge in [0.25, 0.3) is 0 Å². The molecule has 0 spiro atoms. The Bertz CT molecular complexity index is 491. The zero-order valence-electron chi connectivity index (χ0n) is 13.4. The summed E-state index contributed by atoms with van der Waals surface area (Å²) >= 11 is 0.